The highest BCUT2D eigenvalue weighted by molar-refractivity contribution is 7.89. The van der Waals surface area contributed by atoms with Crippen LogP contribution in [0.2, 0.25) is 0 Å². The second-order valence-electron chi connectivity index (χ2n) is 3.70. The van der Waals surface area contributed by atoms with Crippen LogP contribution in [0.4, 0.5) is 5.69 Å². The van der Waals surface area contributed by atoms with Gasteiger partial charge in [0.2, 0.25) is 10.0 Å². The molecule has 0 aliphatic carbocycles. The van der Waals surface area contributed by atoms with Crippen LogP contribution >= 0.6 is 0 Å². The fourth-order valence-corrected chi connectivity index (χ4v) is 2.60. The zero-order chi connectivity index (χ0) is 13.6. The van der Waals surface area contributed by atoms with Crippen LogP contribution < -0.4 is 10.5 Å². The fraction of sp³-hybridized carbons (Fsp3) is 0.364. The molecule has 0 aliphatic rings. The summed E-state index contributed by atoms with van der Waals surface area (Å²) >= 11 is 0. The number of rotatable bonds is 6. The number of nitrogens with two attached hydrogens (primary N) is 1. The highest BCUT2D eigenvalue weighted by Crippen LogP contribution is 2.17. The van der Waals surface area contributed by atoms with Gasteiger partial charge in [-0.25, -0.2) is 13.1 Å². The molecule has 6 nitrogen and oxygen atoms in total. The summed E-state index contributed by atoms with van der Waals surface area (Å²) in [6.45, 7) is 0.241. The third-order valence-electron chi connectivity index (χ3n) is 2.29. The number of aliphatic hydroxyl groups is 1. The number of unbranched alkanes of at least 4 members (excludes halogenated alkanes) is 1. The van der Waals surface area contributed by atoms with Crippen LogP contribution in [0.25, 0.3) is 0 Å². The maximum atomic E-state index is 11.9. The van der Waals surface area contributed by atoms with Crippen molar-refractivity contribution in [2.24, 2.45) is 0 Å². The molecule has 0 unspecified atom stereocenters. The molecule has 0 saturated heterocycles. The van der Waals surface area contributed by atoms with Crippen molar-refractivity contribution in [2.45, 2.75) is 17.7 Å². The zero-order valence-electron chi connectivity index (χ0n) is 9.76. The van der Waals surface area contributed by atoms with Gasteiger partial charge in [-0.3, -0.25) is 0 Å². The van der Waals surface area contributed by atoms with Crippen molar-refractivity contribution >= 4 is 15.7 Å². The lowest BCUT2D eigenvalue weighted by Crippen LogP contribution is -2.25. The molecule has 0 aromatic heterocycles. The second-order valence-corrected chi connectivity index (χ2v) is 5.43. The van der Waals surface area contributed by atoms with Crippen molar-refractivity contribution in [1.29, 1.82) is 5.26 Å². The van der Waals surface area contributed by atoms with Gasteiger partial charge in [-0.15, -0.1) is 0 Å². The van der Waals surface area contributed by atoms with Crippen LogP contribution in [0.3, 0.4) is 0 Å². The van der Waals surface area contributed by atoms with Gasteiger partial charge in [0.25, 0.3) is 0 Å². The quantitative estimate of drug-likeness (QED) is 0.503. The minimum absolute atomic E-state index is 0.0182. The first-order valence-corrected chi connectivity index (χ1v) is 6.89. The van der Waals surface area contributed by atoms with Crippen LogP contribution in [-0.2, 0) is 10.0 Å². The predicted molar refractivity (Wildman–Crippen MR) is 67.1 cm³/mol. The fourth-order valence-electron chi connectivity index (χ4n) is 1.39. The Morgan fingerprint density at radius 2 is 2.11 bits per heavy atom. The van der Waals surface area contributed by atoms with E-state index < -0.39 is 10.0 Å². The average Bonchev–Trinajstić information content (AvgIpc) is 2.34. The summed E-state index contributed by atoms with van der Waals surface area (Å²) in [7, 11) is -3.71. The minimum Gasteiger partial charge on any atom is -0.399 e. The van der Waals surface area contributed by atoms with Crippen molar-refractivity contribution in [3.8, 4) is 6.07 Å². The van der Waals surface area contributed by atoms with Gasteiger partial charge in [-0.05, 0) is 31.0 Å². The van der Waals surface area contributed by atoms with Gasteiger partial charge in [0.1, 0.15) is 6.07 Å². The molecular weight excluding hydrogens is 254 g/mol. The van der Waals surface area contributed by atoms with Crippen molar-refractivity contribution in [2.75, 3.05) is 18.9 Å². The van der Waals surface area contributed by atoms with Crippen molar-refractivity contribution in [1.82, 2.24) is 4.72 Å². The lowest BCUT2D eigenvalue weighted by Gasteiger charge is -2.08. The van der Waals surface area contributed by atoms with E-state index in [0.717, 1.165) is 0 Å². The molecule has 0 saturated carbocycles. The van der Waals surface area contributed by atoms with Gasteiger partial charge in [0, 0.05) is 18.8 Å². The Morgan fingerprint density at radius 3 is 2.72 bits per heavy atom. The monoisotopic (exact) mass is 269 g/mol. The summed E-state index contributed by atoms with van der Waals surface area (Å²) in [6, 6.07) is 5.87. The summed E-state index contributed by atoms with van der Waals surface area (Å²) in [5.41, 5.74) is 5.85. The molecule has 98 valence electrons. The molecule has 0 aliphatic heterocycles. The number of anilines is 1. The Morgan fingerprint density at radius 1 is 1.39 bits per heavy atom. The number of benzene rings is 1. The van der Waals surface area contributed by atoms with Crippen molar-refractivity contribution < 1.29 is 13.5 Å². The molecular formula is C11H15N3O3S. The van der Waals surface area contributed by atoms with Gasteiger partial charge in [0.15, 0.2) is 0 Å². The predicted octanol–water partition coefficient (Wildman–Crippen LogP) is 0.191. The Kier molecular flexibility index (Phi) is 5.09. The standard InChI is InChI=1S/C11H15N3O3S/c12-8-9-7-10(13)3-4-11(9)18(16,17)14-5-1-2-6-15/h3-4,7,14-15H,1-2,5-6,13H2. The molecule has 7 heteroatoms. The highest BCUT2D eigenvalue weighted by atomic mass is 32.2. The molecule has 1 aromatic rings. The van der Waals surface area contributed by atoms with E-state index in [1.165, 1.54) is 18.2 Å². The third kappa shape index (κ3) is 3.70. The Labute approximate surface area is 106 Å². The first-order chi connectivity index (χ1) is 8.51. The molecule has 0 bridgehead atoms. The smallest absolute Gasteiger partial charge is 0.241 e. The molecule has 4 N–H and O–H groups in total. The van der Waals surface area contributed by atoms with Gasteiger partial charge in [0.05, 0.1) is 10.5 Å². The van der Waals surface area contributed by atoms with E-state index in [9.17, 15) is 8.42 Å². The first kappa shape index (κ1) is 14.4. The van der Waals surface area contributed by atoms with E-state index in [0.29, 0.717) is 18.5 Å². The maximum Gasteiger partial charge on any atom is 0.241 e. The third-order valence-corrected chi connectivity index (χ3v) is 3.81. The van der Waals surface area contributed by atoms with E-state index in [2.05, 4.69) is 4.72 Å². The highest BCUT2D eigenvalue weighted by Gasteiger charge is 2.17. The van der Waals surface area contributed by atoms with Gasteiger partial charge < -0.3 is 10.8 Å². The number of nitrogens with zero attached hydrogens (tertiary/aromatic N) is 1. The van der Waals surface area contributed by atoms with E-state index in [1.54, 1.807) is 6.07 Å². The number of hydrogen-bond donors (Lipinski definition) is 3. The number of hydrogen-bond acceptors (Lipinski definition) is 5. The van der Waals surface area contributed by atoms with E-state index in [-0.39, 0.29) is 23.6 Å². The topological polar surface area (TPSA) is 116 Å². The van der Waals surface area contributed by atoms with Crippen LogP contribution in [0.5, 0.6) is 0 Å². The van der Waals surface area contributed by atoms with Crippen LogP contribution in [-0.4, -0.2) is 26.7 Å². The number of sulfonamides is 1. The van der Waals surface area contributed by atoms with Crippen LogP contribution in [0.15, 0.2) is 23.1 Å². The zero-order valence-corrected chi connectivity index (χ0v) is 10.6. The maximum absolute atomic E-state index is 11.9. The summed E-state index contributed by atoms with van der Waals surface area (Å²) < 4.78 is 26.2. The lowest BCUT2D eigenvalue weighted by molar-refractivity contribution is 0.285. The molecule has 0 spiro atoms. The van der Waals surface area contributed by atoms with Crippen LogP contribution in [0.1, 0.15) is 18.4 Å². The lowest BCUT2D eigenvalue weighted by atomic mass is 10.2. The summed E-state index contributed by atoms with van der Waals surface area (Å²) in [5.74, 6) is 0. The largest absolute Gasteiger partial charge is 0.399 e. The van der Waals surface area contributed by atoms with Gasteiger partial charge in [-0.1, -0.05) is 0 Å². The summed E-state index contributed by atoms with van der Waals surface area (Å²) in [5, 5.41) is 17.5. The molecule has 18 heavy (non-hydrogen) atoms. The number of nitrogen functional groups attached to an aromatic ring is 1. The Balaban J connectivity index is 2.89. The first-order valence-electron chi connectivity index (χ1n) is 5.41. The SMILES string of the molecule is N#Cc1cc(N)ccc1S(=O)(=O)NCCCCO. The van der Waals surface area contributed by atoms with Crippen molar-refractivity contribution in [3.63, 3.8) is 0 Å². The normalized spacial score (nSPS) is 11.1. The molecule has 0 atom stereocenters. The minimum atomic E-state index is -3.71. The molecule has 0 heterocycles. The average molecular weight is 269 g/mol. The van der Waals surface area contributed by atoms with E-state index in [4.69, 9.17) is 16.1 Å². The summed E-state index contributed by atoms with van der Waals surface area (Å²) in [6.07, 6.45) is 1.06. The Bertz CT molecular complexity index is 549. The van der Waals surface area contributed by atoms with Gasteiger partial charge in [-0.2, -0.15) is 5.26 Å². The Hall–Kier alpha value is -1.62. The summed E-state index contributed by atoms with van der Waals surface area (Å²) in [4.78, 5) is -0.0804. The molecule has 1 aromatic carbocycles. The van der Waals surface area contributed by atoms with E-state index >= 15 is 0 Å². The van der Waals surface area contributed by atoms with Crippen LogP contribution in [0, 0.1) is 11.3 Å². The van der Waals surface area contributed by atoms with Gasteiger partial charge >= 0.3 is 0 Å². The van der Waals surface area contributed by atoms with E-state index in [1.807, 2.05) is 0 Å². The number of nitriles is 1. The number of nitrogens with one attached hydrogen (secondary N) is 1. The van der Waals surface area contributed by atoms with Crippen molar-refractivity contribution in [3.05, 3.63) is 23.8 Å². The second kappa shape index (κ2) is 6.35. The number of aliphatic hydroxyl groups excluding tert-OH is 1. The molecule has 0 radical (unpaired) electrons. The molecule has 0 fully saturated rings. The molecule has 0 amide bonds. The molecule has 1 rings (SSSR count).